The van der Waals surface area contributed by atoms with Crippen molar-refractivity contribution in [3.63, 3.8) is 0 Å². The van der Waals surface area contributed by atoms with E-state index in [2.05, 4.69) is 14.9 Å². The molecule has 134 valence electrons. The smallest absolute Gasteiger partial charge is 0.191 e. The second kappa shape index (κ2) is 10.5. The predicted octanol–water partition coefficient (Wildman–Crippen LogP) is 3.14. The summed E-state index contributed by atoms with van der Waals surface area (Å²) in [5, 5.41) is 0. The van der Waals surface area contributed by atoms with Crippen molar-refractivity contribution in [2.24, 2.45) is 10.7 Å². The lowest BCUT2D eigenvalue weighted by Crippen LogP contribution is -2.42. The van der Waals surface area contributed by atoms with Crippen LogP contribution in [0.5, 0.6) is 5.75 Å². The van der Waals surface area contributed by atoms with E-state index in [9.17, 15) is 0 Å². The summed E-state index contributed by atoms with van der Waals surface area (Å²) < 4.78 is 5.91. The maximum absolute atomic E-state index is 6.12. The van der Waals surface area contributed by atoms with Crippen LogP contribution in [0.1, 0.15) is 11.1 Å². The molecule has 1 aliphatic heterocycles. The van der Waals surface area contributed by atoms with Gasteiger partial charge in [0, 0.05) is 36.4 Å². The number of pyridine rings is 1. The summed E-state index contributed by atoms with van der Waals surface area (Å²) in [6.45, 7) is 2.95. The number of nitrogens with two attached hydrogens (primary N) is 1. The second-order valence-electron chi connectivity index (χ2n) is 5.53. The molecule has 0 bridgehead atoms. The summed E-state index contributed by atoms with van der Waals surface area (Å²) >= 11 is 1.96. The Kier molecular flexibility index (Phi) is 8.33. The highest BCUT2D eigenvalue weighted by molar-refractivity contribution is 14.0. The van der Waals surface area contributed by atoms with Gasteiger partial charge in [-0.2, -0.15) is 11.8 Å². The Labute approximate surface area is 170 Å². The Hall–Kier alpha value is -1.48. The Balaban J connectivity index is 0.00000225. The molecule has 1 aromatic carbocycles. The van der Waals surface area contributed by atoms with E-state index in [-0.39, 0.29) is 24.0 Å². The zero-order chi connectivity index (χ0) is 16.6. The number of aromatic nitrogens is 1. The van der Waals surface area contributed by atoms with Crippen molar-refractivity contribution in [3.8, 4) is 5.75 Å². The minimum Gasteiger partial charge on any atom is -0.487 e. The summed E-state index contributed by atoms with van der Waals surface area (Å²) in [7, 11) is 0. The lowest BCUT2D eigenvalue weighted by Gasteiger charge is -2.27. The van der Waals surface area contributed by atoms with E-state index in [1.165, 1.54) is 0 Å². The number of benzene rings is 1. The van der Waals surface area contributed by atoms with Crippen LogP contribution in [-0.4, -0.2) is 40.4 Å². The number of ether oxygens (including phenoxy) is 1. The van der Waals surface area contributed by atoms with Crippen molar-refractivity contribution in [1.82, 2.24) is 9.88 Å². The normalized spacial score (nSPS) is 14.7. The minimum atomic E-state index is 0. The number of hydrogen-bond donors (Lipinski definition) is 1. The molecular formula is C18H23IN4OS. The first-order valence-electron chi connectivity index (χ1n) is 8.05. The first kappa shape index (κ1) is 19.8. The predicted molar refractivity (Wildman–Crippen MR) is 115 cm³/mol. The highest BCUT2D eigenvalue weighted by atomic mass is 127. The molecule has 0 atom stereocenters. The number of rotatable bonds is 5. The lowest BCUT2D eigenvalue weighted by atomic mass is 10.2. The standard InChI is InChI=1S/C18H22N4OS.HI/c19-18(22-8-10-24-11-9-22)21-12-16-6-7-20-13-17(16)23-14-15-4-2-1-3-5-15;/h1-7,13H,8-12,14H2,(H2,19,21);1H. The van der Waals surface area contributed by atoms with E-state index in [1.54, 1.807) is 12.4 Å². The van der Waals surface area contributed by atoms with E-state index in [4.69, 9.17) is 10.5 Å². The van der Waals surface area contributed by atoms with Gasteiger partial charge in [0.15, 0.2) is 5.96 Å². The molecule has 1 fully saturated rings. The fourth-order valence-electron chi connectivity index (χ4n) is 2.46. The lowest BCUT2D eigenvalue weighted by molar-refractivity contribution is 0.301. The van der Waals surface area contributed by atoms with Gasteiger partial charge < -0.3 is 15.4 Å². The van der Waals surface area contributed by atoms with E-state index in [0.717, 1.165) is 41.5 Å². The molecule has 0 radical (unpaired) electrons. The van der Waals surface area contributed by atoms with Crippen LogP contribution < -0.4 is 10.5 Å². The molecule has 0 aliphatic carbocycles. The van der Waals surface area contributed by atoms with Crippen LogP contribution in [-0.2, 0) is 13.2 Å². The van der Waals surface area contributed by atoms with E-state index >= 15 is 0 Å². The Morgan fingerprint density at radius 2 is 1.96 bits per heavy atom. The number of hydrogen-bond acceptors (Lipinski definition) is 4. The van der Waals surface area contributed by atoms with Gasteiger partial charge in [-0.15, -0.1) is 24.0 Å². The van der Waals surface area contributed by atoms with Crippen LogP contribution in [0, 0.1) is 0 Å². The molecule has 7 heteroatoms. The highest BCUT2D eigenvalue weighted by Crippen LogP contribution is 2.19. The van der Waals surface area contributed by atoms with Crippen LogP contribution in [0.15, 0.2) is 53.8 Å². The van der Waals surface area contributed by atoms with Crippen LogP contribution in [0.4, 0.5) is 0 Å². The average Bonchev–Trinajstić information content (AvgIpc) is 2.66. The Bertz CT molecular complexity index is 678. The highest BCUT2D eigenvalue weighted by Gasteiger charge is 2.12. The molecule has 0 unspecified atom stereocenters. The Morgan fingerprint density at radius 1 is 1.20 bits per heavy atom. The van der Waals surface area contributed by atoms with Gasteiger partial charge in [0.25, 0.3) is 0 Å². The Morgan fingerprint density at radius 3 is 2.72 bits per heavy atom. The summed E-state index contributed by atoms with van der Waals surface area (Å²) in [6.07, 6.45) is 3.50. The fraction of sp³-hybridized carbons (Fsp3) is 0.333. The number of guanidine groups is 1. The molecule has 3 rings (SSSR count). The third kappa shape index (κ3) is 6.07. The van der Waals surface area contributed by atoms with Crippen molar-refractivity contribution in [2.75, 3.05) is 24.6 Å². The molecule has 0 saturated carbocycles. The molecule has 0 spiro atoms. The van der Waals surface area contributed by atoms with E-state index in [0.29, 0.717) is 19.1 Å². The second-order valence-corrected chi connectivity index (χ2v) is 6.76. The van der Waals surface area contributed by atoms with Crippen LogP contribution in [0.3, 0.4) is 0 Å². The van der Waals surface area contributed by atoms with Crippen molar-refractivity contribution >= 4 is 41.7 Å². The topological polar surface area (TPSA) is 63.7 Å². The molecule has 2 aromatic rings. The molecular weight excluding hydrogens is 447 g/mol. The van der Waals surface area contributed by atoms with Crippen molar-refractivity contribution in [1.29, 1.82) is 0 Å². The maximum Gasteiger partial charge on any atom is 0.191 e. The van der Waals surface area contributed by atoms with Gasteiger partial charge in [0.05, 0.1) is 12.7 Å². The van der Waals surface area contributed by atoms with Gasteiger partial charge in [-0.3, -0.25) is 4.98 Å². The number of halogens is 1. The zero-order valence-corrected chi connectivity index (χ0v) is 17.2. The van der Waals surface area contributed by atoms with Gasteiger partial charge >= 0.3 is 0 Å². The first-order valence-corrected chi connectivity index (χ1v) is 9.20. The number of aliphatic imine (C=N–C) groups is 1. The van der Waals surface area contributed by atoms with E-state index in [1.807, 2.05) is 48.2 Å². The van der Waals surface area contributed by atoms with Gasteiger partial charge in [0.2, 0.25) is 0 Å². The SMILES string of the molecule is I.NC(=NCc1ccncc1OCc1ccccc1)N1CCSCC1. The molecule has 1 aliphatic rings. The van der Waals surface area contributed by atoms with Gasteiger partial charge in [-0.25, -0.2) is 4.99 Å². The molecule has 2 heterocycles. The van der Waals surface area contributed by atoms with Crippen molar-refractivity contribution < 1.29 is 4.74 Å². The molecule has 0 amide bonds. The quantitative estimate of drug-likeness (QED) is 0.414. The van der Waals surface area contributed by atoms with Gasteiger partial charge in [-0.05, 0) is 11.6 Å². The molecule has 5 nitrogen and oxygen atoms in total. The molecule has 2 N–H and O–H groups in total. The fourth-order valence-corrected chi connectivity index (χ4v) is 3.37. The summed E-state index contributed by atoms with van der Waals surface area (Å²) in [6, 6.07) is 12.0. The van der Waals surface area contributed by atoms with Crippen molar-refractivity contribution in [2.45, 2.75) is 13.2 Å². The van der Waals surface area contributed by atoms with Gasteiger partial charge in [0.1, 0.15) is 12.4 Å². The molecule has 25 heavy (non-hydrogen) atoms. The van der Waals surface area contributed by atoms with Crippen molar-refractivity contribution in [3.05, 3.63) is 59.9 Å². The summed E-state index contributed by atoms with van der Waals surface area (Å²) in [5.41, 5.74) is 8.24. The largest absolute Gasteiger partial charge is 0.487 e. The van der Waals surface area contributed by atoms with E-state index < -0.39 is 0 Å². The molecule has 1 saturated heterocycles. The van der Waals surface area contributed by atoms with Crippen LogP contribution in [0.2, 0.25) is 0 Å². The number of thioether (sulfide) groups is 1. The third-order valence-corrected chi connectivity index (χ3v) is 4.80. The zero-order valence-electron chi connectivity index (χ0n) is 14.0. The minimum absolute atomic E-state index is 0. The summed E-state index contributed by atoms with van der Waals surface area (Å²) in [5.74, 6) is 3.58. The monoisotopic (exact) mass is 470 g/mol. The van der Waals surface area contributed by atoms with Crippen LogP contribution >= 0.6 is 35.7 Å². The van der Waals surface area contributed by atoms with Crippen LogP contribution in [0.25, 0.3) is 0 Å². The summed E-state index contributed by atoms with van der Waals surface area (Å²) in [4.78, 5) is 10.8. The number of nitrogens with zero attached hydrogens (tertiary/aromatic N) is 3. The average molecular weight is 470 g/mol. The maximum atomic E-state index is 6.12. The first-order chi connectivity index (χ1) is 11.8. The van der Waals surface area contributed by atoms with Gasteiger partial charge in [-0.1, -0.05) is 30.3 Å². The molecule has 1 aromatic heterocycles. The third-order valence-electron chi connectivity index (χ3n) is 3.85.